The standard InChI is InChI=1S/C4HF9.Cs.H/c5-1(6)2(7,8)3(9,10)4(11,12)13;;/h1H;;. The molecule has 0 aliphatic carbocycles. The maximum atomic E-state index is 11.6. The summed E-state index contributed by atoms with van der Waals surface area (Å²) in [5, 5.41) is 0. The summed E-state index contributed by atoms with van der Waals surface area (Å²) in [6.45, 7) is 0. The van der Waals surface area contributed by atoms with Crippen molar-refractivity contribution >= 4 is 68.9 Å². The Kier molecular flexibility index (Phi) is 6.57. The molecular formula is C4H2CsF9. The zero-order chi connectivity index (χ0) is 11.1. The second-order valence-electron chi connectivity index (χ2n) is 2.00. The van der Waals surface area contributed by atoms with Crippen LogP contribution in [-0.4, -0.2) is 93.3 Å². The minimum absolute atomic E-state index is 0. The summed E-state index contributed by atoms with van der Waals surface area (Å²) in [6.07, 6.45) is -11.8. The molecule has 0 aromatic carbocycles. The van der Waals surface area contributed by atoms with Crippen LogP contribution < -0.4 is 0 Å². The summed E-state index contributed by atoms with van der Waals surface area (Å²) in [4.78, 5) is 0. The molecule has 0 rings (SSSR count). The van der Waals surface area contributed by atoms with Crippen molar-refractivity contribution in [2.24, 2.45) is 0 Å². The topological polar surface area (TPSA) is 0 Å². The van der Waals surface area contributed by atoms with E-state index in [-0.39, 0.29) is 68.9 Å². The predicted molar refractivity (Wildman–Crippen MR) is 29.1 cm³/mol. The number of hydrogen-bond donors (Lipinski definition) is 0. The summed E-state index contributed by atoms with van der Waals surface area (Å²) in [5.41, 5.74) is 0. The van der Waals surface area contributed by atoms with E-state index in [0.717, 1.165) is 0 Å². The van der Waals surface area contributed by atoms with E-state index in [2.05, 4.69) is 0 Å². The van der Waals surface area contributed by atoms with Crippen LogP contribution in [0.3, 0.4) is 0 Å². The average molecular weight is 354 g/mol. The van der Waals surface area contributed by atoms with Gasteiger partial charge in [0.15, 0.2) is 0 Å². The number of halogens is 9. The molecule has 0 aromatic rings. The van der Waals surface area contributed by atoms with Crippen molar-refractivity contribution in [3.8, 4) is 0 Å². The molecule has 0 atom stereocenters. The van der Waals surface area contributed by atoms with E-state index in [4.69, 9.17) is 0 Å². The minimum atomic E-state index is -6.73. The van der Waals surface area contributed by atoms with Crippen molar-refractivity contribution in [1.29, 1.82) is 0 Å². The Morgan fingerprint density at radius 2 is 1.00 bits per heavy atom. The molecule has 0 aliphatic heterocycles. The van der Waals surface area contributed by atoms with Crippen molar-refractivity contribution in [2.75, 3.05) is 0 Å². The zero-order valence-corrected chi connectivity index (χ0v) is 5.48. The van der Waals surface area contributed by atoms with Crippen molar-refractivity contribution in [1.82, 2.24) is 0 Å². The molecule has 0 nitrogen and oxygen atoms in total. The Hall–Kier alpha value is 1.42. The van der Waals surface area contributed by atoms with Crippen LogP contribution >= 0.6 is 0 Å². The zero-order valence-electron chi connectivity index (χ0n) is 5.48. The number of rotatable bonds is 2. The molecule has 14 heavy (non-hydrogen) atoms. The molecule has 82 valence electrons. The second kappa shape index (κ2) is 5.17. The van der Waals surface area contributed by atoms with Gasteiger partial charge in [-0.25, -0.2) is 8.78 Å². The molecule has 0 unspecified atom stereocenters. The SMILES string of the molecule is FC(F)C(F)(F)C(F)(F)C(F)(F)F.[CsH]. The van der Waals surface area contributed by atoms with Gasteiger partial charge in [0, 0.05) is 0 Å². The Labute approximate surface area is 131 Å². The van der Waals surface area contributed by atoms with E-state index >= 15 is 0 Å². The molecule has 0 saturated carbocycles. The van der Waals surface area contributed by atoms with Gasteiger partial charge in [0.2, 0.25) is 0 Å². The van der Waals surface area contributed by atoms with Gasteiger partial charge in [-0.15, -0.1) is 0 Å². The Bertz CT molecular complexity index is 182. The molecule has 10 heteroatoms. The van der Waals surface area contributed by atoms with Gasteiger partial charge in [0.05, 0.1) is 0 Å². The molecular weight excluding hydrogens is 352 g/mol. The van der Waals surface area contributed by atoms with Gasteiger partial charge in [-0.1, -0.05) is 0 Å². The third-order valence-electron chi connectivity index (χ3n) is 1.05. The quantitative estimate of drug-likeness (QED) is 0.669. The first-order valence-electron chi connectivity index (χ1n) is 2.55. The van der Waals surface area contributed by atoms with Gasteiger partial charge in [0.25, 0.3) is 0 Å². The van der Waals surface area contributed by atoms with Crippen molar-refractivity contribution < 1.29 is 39.5 Å². The van der Waals surface area contributed by atoms with Gasteiger partial charge >= 0.3 is 93.3 Å². The van der Waals surface area contributed by atoms with Crippen LogP contribution in [0, 0.1) is 0 Å². The van der Waals surface area contributed by atoms with E-state index in [1.165, 1.54) is 0 Å². The fourth-order valence-electron chi connectivity index (χ4n) is 0.326. The maximum absolute atomic E-state index is 11.6. The van der Waals surface area contributed by atoms with Crippen LogP contribution in [0.15, 0.2) is 0 Å². The van der Waals surface area contributed by atoms with Crippen LogP contribution in [0.25, 0.3) is 0 Å². The van der Waals surface area contributed by atoms with Crippen molar-refractivity contribution in [3.63, 3.8) is 0 Å². The number of alkyl halides is 9. The first-order valence-corrected chi connectivity index (χ1v) is 2.55. The second-order valence-corrected chi connectivity index (χ2v) is 2.00. The van der Waals surface area contributed by atoms with E-state index in [1.807, 2.05) is 0 Å². The van der Waals surface area contributed by atoms with Crippen LogP contribution in [0.5, 0.6) is 0 Å². The third kappa shape index (κ3) is 3.20. The summed E-state index contributed by atoms with van der Waals surface area (Å²) in [6, 6.07) is 0. The molecule has 0 amide bonds. The molecule has 0 N–H and O–H groups in total. The van der Waals surface area contributed by atoms with Gasteiger partial charge < -0.3 is 0 Å². The molecule has 0 aromatic heterocycles. The average Bonchev–Trinajstić information content (AvgIpc) is 1.84. The molecule has 0 heterocycles. The summed E-state index contributed by atoms with van der Waals surface area (Å²) < 4.78 is 102. The first-order chi connectivity index (χ1) is 5.44. The molecule has 0 bridgehead atoms. The van der Waals surface area contributed by atoms with E-state index in [0.29, 0.717) is 0 Å². The first kappa shape index (κ1) is 17.8. The van der Waals surface area contributed by atoms with E-state index < -0.39 is 24.4 Å². The third-order valence-corrected chi connectivity index (χ3v) is 1.05. The van der Waals surface area contributed by atoms with Crippen LogP contribution in [0.1, 0.15) is 0 Å². The molecule has 0 spiro atoms. The van der Waals surface area contributed by atoms with Gasteiger partial charge in [0.1, 0.15) is 0 Å². The Morgan fingerprint density at radius 1 is 0.714 bits per heavy atom. The molecule has 0 fully saturated rings. The van der Waals surface area contributed by atoms with E-state index in [9.17, 15) is 39.5 Å². The summed E-state index contributed by atoms with van der Waals surface area (Å²) in [5.74, 6) is -13.1. The molecule has 0 aliphatic rings. The van der Waals surface area contributed by atoms with E-state index in [1.54, 1.807) is 0 Å². The van der Waals surface area contributed by atoms with Crippen LogP contribution in [0.4, 0.5) is 39.5 Å². The Balaban J connectivity index is 0. The summed E-state index contributed by atoms with van der Waals surface area (Å²) >= 11 is 0. The van der Waals surface area contributed by atoms with Crippen LogP contribution in [-0.2, 0) is 0 Å². The van der Waals surface area contributed by atoms with Crippen LogP contribution in [0.2, 0.25) is 0 Å². The van der Waals surface area contributed by atoms with Gasteiger partial charge in [-0.05, 0) is 0 Å². The molecule has 0 radical (unpaired) electrons. The van der Waals surface area contributed by atoms with Gasteiger partial charge in [-0.2, -0.15) is 30.7 Å². The van der Waals surface area contributed by atoms with Crippen molar-refractivity contribution in [3.05, 3.63) is 0 Å². The predicted octanol–water partition coefficient (Wildman–Crippen LogP) is 2.44. The Morgan fingerprint density at radius 3 is 1.07 bits per heavy atom. The number of hydrogen-bond acceptors (Lipinski definition) is 0. The van der Waals surface area contributed by atoms with Gasteiger partial charge in [-0.3, -0.25) is 0 Å². The molecule has 0 saturated heterocycles. The monoisotopic (exact) mass is 354 g/mol. The normalized spacial score (nSPS) is 14.1. The fourth-order valence-corrected chi connectivity index (χ4v) is 0.326. The van der Waals surface area contributed by atoms with Crippen molar-refractivity contribution in [2.45, 2.75) is 24.4 Å². The fraction of sp³-hybridized carbons (Fsp3) is 1.00. The summed E-state index contributed by atoms with van der Waals surface area (Å²) in [7, 11) is 0.